The van der Waals surface area contributed by atoms with Gasteiger partial charge in [-0.1, -0.05) is 17.7 Å². The number of hydrogen-bond acceptors (Lipinski definition) is 3. The first-order valence-electron chi connectivity index (χ1n) is 5.06. The van der Waals surface area contributed by atoms with Gasteiger partial charge in [0.15, 0.2) is 0 Å². The van der Waals surface area contributed by atoms with E-state index in [1.165, 1.54) is 10.5 Å². The minimum atomic E-state index is 0.0855. The molecule has 84 valence electrons. The quantitative estimate of drug-likeness (QED) is 0.830. The second-order valence-corrected chi connectivity index (χ2v) is 4.78. The van der Waals surface area contributed by atoms with Crippen LogP contribution in [0, 0.1) is 6.92 Å². The van der Waals surface area contributed by atoms with Gasteiger partial charge in [0.05, 0.1) is 11.9 Å². The molecule has 1 N–H and O–H groups in total. The van der Waals surface area contributed by atoms with Crippen molar-refractivity contribution >= 4 is 11.8 Å². The van der Waals surface area contributed by atoms with Gasteiger partial charge in [0.2, 0.25) is 5.88 Å². The zero-order chi connectivity index (χ0) is 11.5. The minimum absolute atomic E-state index is 0.0855. The van der Waals surface area contributed by atoms with Gasteiger partial charge in [0.25, 0.3) is 0 Å². The fourth-order valence-corrected chi connectivity index (χ4v) is 2.48. The summed E-state index contributed by atoms with van der Waals surface area (Å²) in [4.78, 5) is 5.27. The van der Waals surface area contributed by atoms with E-state index in [0.717, 1.165) is 11.6 Å². The maximum atomic E-state index is 9.23. The zero-order valence-electron chi connectivity index (χ0n) is 9.34. The van der Waals surface area contributed by atoms with E-state index in [-0.39, 0.29) is 5.88 Å². The van der Waals surface area contributed by atoms with Crippen molar-refractivity contribution in [2.75, 3.05) is 0 Å². The van der Waals surface area contributed by atoms with Gasteiger partial charge in [-0.05, 0) is 19.1 Å². The van der Waals surface area contributed by atoms with Crippen LogP contribution < -0.4 is 0 Å². The van der Waals surface area contributed by atoms with E-state index in [4.69, 9.17) is 0 Å². The van der Waals surface area contributed by atoms with E-state index in [9.17, 15) is 5.11 Å². The van der Waals surface area contributed by atoms with E-state index in [2.05, 4.69) is 30.1 Å². The highest BCUT2D eigenvalue weighted by Crippen LogP contribution is 2.23. The molecule has 1 aromatic heterocycles. The Morgan fingerprint density at radius 1 is 1.44 bits per heavy atom. The summed E-state index contributed by atoms with van der Waals surface area (Å²) in [5.74, 6) is 1.73. The van der Waals surface area contributed by atoms with Crippen molar-refractivity contribution < 1.29 is 5.11 Å². The summed E-state index contributed by atoms with van der Waals surface area (Å²) in [5.41, 5.74) is 1.26. The molecule has 0 bridgehead atoms. The Morgan fingerprint density at radius 2 is 2.25 bits per heavy atom. The molecule has 0 atom stereocenters. The predicted octanol–water partition coefficient (Wildman–Crippen LogP) is 2.73. The third-order valence-corrected chi connectivity index (χ3v) is 3.31. The Hall–Kier alpha value is -1.42. The van der Waals surface area contributed by atoms with Crippen LogP contribution in [0.5, 0.6) is 5.88 Å². The summed E-state index contributed by atoms with van der Waals surface area (Å²) < 4.78 is 1.85. The molecular weight excluding hydrogens is 220 g/mol. The van der Waals surface area contributed by atoms with Gasteiger partial charge in [-0.2, -0.15) is 4.98 Å². The largest absolute Gasteiger partial charge is 0.492 e. The van der Waals surface area contributed by atoms with Crippen molar-refractivity contribution in [1.29, 1.82) is 0 Å². The molecule has 0 amide bonds. The van der Waals surface area contributed by atoms with Gasteiger partial charge < -0.3 is 9.67 Å². The minimum Gasteiger partial charge on any atom is -0.492 e. The maximum absolute atomic E-state index is 9.23. The first kappa shape index (κ1) is 11.1. The SMILES string of the molecule is Cc1cccc(SCc2nc(O)cn2C)c1. The van der Waals surface area contributed by atoms with Crippen LogP contribution in [-0.2, 0) is 12.8 Å². The van der Waals surface area contributed by atoms with Crippen molar-refractivity contribution in [2.24, 2.45) is 7.05 Å². The fourth-order valence-electron chi connectivity index (χ4n) is 1.47. The molecule has 0 saturated carbocycles. The van der Waals surface area contributed by atoms with E-state index in [1.807, 2.05) is 17.7 Å². The van der Waals surface area contributed by atoms with Crippen LogP contribution in [0.25, 0.3) is 0 Å². The van der Waals surface area contributed by atoms with Gasteiger partial charge in [-0.3, -0.25) is 0 Å². The molecule has 0 aliphatic heterocycles. The van der Waals surface area contributed by atoms with Crippen LogP contribution >= 0.6 is 11.8 Å². The molecule has 16 heavy (non-hydrogen) atoms. The molecule has 0 aliphatic rings. The summed E-state index contributed by atoms with van der Waals surface area (Å²) in [7, 11) is 1.89. The van der Waals surface area contributed by atoms with Crippen LogP contribution in [-0.4, -0.2) is 14.7 Å². The van der Waals surface area contributed by atoms with Crippen LogP contribution in [0.3, 0.4) is 0 Å². The molecule has 2 rings (SSSR count). The average molecular weight is 234 g/mol. The van der Waals surface area contributed by atoms with Crippen LogP contribution in [0.1, 0.15) is 11.4 Å². The lowest BCUT2D eigenvalue weighted by molar-refractivity contribution is 0.455. The number of rotatable bonds is 3. The van der Waals surface area contributed by atoms with Crippen molar-refractivity contribution in [3.8, 4) is 5.88 Å². The van der Waals surface area contributed by atoms with Gasteiger partial charge in [0, 0.05) is 11.9 Å². The van der Waals surface area contributed by atoms with Crippen molar-refractivity contribution in [3.63, 3.8) is 0 Å². The van der Waals surface area contributed by atoms with Crippen molar-refractivity contribution in [1.82, 2.24) is 9.55 Å². The summed E-state index contributed by atoms with van der Waals surface area (Å²) in [6.45, 7) is 2.08. The lowest BCUT2D eigenvalue weighted by Crippen LogP contribution is -1.94. The van der Waals surface area contributed by atoms with E-state index < -0.39 is 0 Å². The molecule has 2 aromatic rings. The summed E-state index contributed by atoms with van der Waals surface area (Å²) in [5, 5.41) is 9.23. The molecule has 0 fully saturated rings. The van der Waals surface area contributed by atoms with Crippen LogP contribution in [0.15, 0.2) is 35.4 Å². The molecule has 4 heteroatoms. The number of aromatic hydroxyl groups is 1. The lowest BCUT2D eigenvalue weighted by atomic mass is 10.2. The van der Waals surface area contributed by atoms with Gasteiger partial charge in [0.1, 0.15) is 5.82 Å². The summed E-state index contributed by atoms with van der Waals surface area (Å²) in [6.07, 6.45) is 1.62. The molecule has 0 saturated heterocycles. The Bertz CT molecular complexity index is 494. The Balaban J connectivity index is 2.05. The second kappa shape index (κ2) is 4.61. The summed E-state index contributed by atoms with van der Waals surface area (Å²) in [6, 6.07) is 8.36. The number of imidazole rings is 1. The Kier molecular flexibility index (Phi) is 3.19. The molecule has 0 spiro atoms. The normalized spacial score (nSPS) is 10.6. The standard InChI is InChI=1S/C12H14N2OS/c1-9-4-3-5-10(6-9)16-8-11-13-12(15)7-14(11)2/h3-7,15H,8H2,1-2H3. The van der Waals surface area contributed by atoms with Gasteiger partial charge >= 0.3 is 0 Å². The maximum Gasteiger partial charge on any atom is 0.229 e. The molecule has 1 heterocycles. The number of nitrogens with zero attached hydrogens (tertiary/aromatic N) is 2. The Labute approximate surface area is 99.1 Å². The highest BCUT2D eigenvalue weighted by molar-refractivity contribution is 7.98. The summed E-state index contributed by atoms with van der Waals surface area (Å²) >= 11 is 1.72. The molecule has 3 nitrogen and oxygen atoms in total. The monoisotopic (exact) mass is 234 g/mol. The molecule has 0 aliphatic carbocycles. The highest BCUT2D eigenvalue weighted by atomic mass is 32.2. The lowest BCUT2D eigenvalue weighted by Gasteiger charge is -2.02. The smallest absolute Gasteiger partial charge is 0.229 e. The number of hydrogen-bond donors (Lipinski definition) is 1. The average Bonchev–Trinajstić information content (AvgIpc) is 2.54. The fraction of sp³-hybridized carbons (Fsp3) is 0.250. The van der Waals surface area contributed by atoms with E-state index in [1.54, 1.807) is 18.0 Å². The zero-order valence-corrected chi connectivity index (χ0v) is 10.2. The van der Waals surface area contributed by atoms with Crippen molar-refractivity contribution in [3.05, 3.63) is 41.9 Å². The van der Waals surface area contributed by atoms with Crippen LogP contribution in [0.2, 0.25) is 0 Å². The molecule has 0 radical (unpaired) electrons. The van der Waals surface area contributed by atoms with Gasteiger partial charge in [-0.15, -0.1) is 11.8 Å². The third kappa shape index (κ3) is 2.58. The topological polar surface area (TPSA) is 38.1 Å². The Morgan fingerprint density at radius 3 is 2.88 bits per heavy atom. The molecule has 1 aromatic carbocycles. The molecule has 0 unspecified atom stereocenters. The number of thioether (sulfide) groups is 1. The first-order chi connectivity index (χ1) is 7.65. The van der Waals surface area contributed by atoms with Crippen LogP contribution in [0.4, 0.5) is 0 Å². The number of aromatic nitrogens is 2. The van der Waals surface area contributed by atoms with E-state index >= 15 is 0 Å². The highest BCUT2D eigenvalue weighted by Gasteiger charge is 2.04. The molecular formula is C12H14N2OS. The van der Waals surface area contributed by atoms with Crippen molar-refractivity contribution in [2.45, 2.75) is 17.6 Å². The van der Waals surface area contributed by atoms with Gasteiger partial charge in [-0.25, -0.2) is 0 Å². The second-order valence-electron chi connectivity index (χ2n) is 3.73. The number of benzene rings is 1. The first-order valence-corrected chi connectivity index (χ1v) is 6.04. The number of aryl methyl sites for hydroxylation is 2. The van der Waals surface area contributed by atoms with E-state index in [0.29, 0.717) is 0 Å². The predicted molar refractivity (Wildman–Crippen MR) is 65.6 cm³/mol. The third-order valence-electron chi connectivity index (χ3n) is 2.32.